The maximum absolute atomic E-state index is 15.6. The number of rotatable bonds is 10. The Bertz CT molecular complexity index is 933. The van der Waals surface area contributed by atoms with Gasteiger partial charge >= 0.3 is 5.97 Å². The van der Waals surface area contributed by atoms with Crippen molar-refractivity contribution in [2.75, 3.05) is 33.3 Å². The second kappa shape index (κ2) is 14.0. The van der Waals surface area contributed by atoms with Gasteiger partial charge in [-0.2, -0.15) is 0 Å². The molecule has 1 atom stereocenters. The van der Waals surface area contributed by atoms with Crippen LogP contribution < -0.4 is 5.73 Å². The van der Waals surface area contributed by atoms with Gasteiger partial charge in [0, 0.05) is 51.6 Å². The Hall–Kier alpha value is -2.71. The van der Waals surface area contributed by atoms with Crippen LogP contribution >= 0.6 is 0 Å². The van der Waals surface area contributed by atoms with Crippen LogP contribution in [0.5, 0.6) is 0 Å². The van der Waals surface area contributed by atoms with Crippen LogP contribution in [0.25, 0.3) is 0 Å². The largest absolute Gasteiger partial charge is 0.478 e. The molecular formula is C27H40FN3O4. The molecule has 0 amide bonds. The molecule has 1 heterocycles. The van der Waals surface area contributed by atoms with Crippen molar-refractivity contribution in [2.45, 2.75) is 65.4 Å². The van der Waals surface area contributed by atoms with Crippen molar-refractivity contribution in [3.8, 4) is 0 Å². The third kappa shape index (κ3) is 7.64. The number of allylic oxidation sites excluding steroid dienone is 3. The Labute approximate surface area is 208 Å². The van der Waals surface area contributed by atoms with Gasteiger partial charge in [-0.1, -0.05) is 30.6 Å². The summed E-state index contributed by atoms with van der Waals surface area (Å²) in [7, 11) is 1.55. The maximum Gasteiger partial charge on any atom is 0.340 e. The van der Waals surface area contributed by atoms with Crippen molar-refractivity contribution in [3.05, 3.63) is 57.9 Å². The van der Waals surface area contributed by atoms with Crippen LogP contribution in [0.3, 0.4) is 0 Å². The number of unbranched alkanes of at least 4 members (excludes halogenated alkanes) is 1. The number of nitrogens with two attached hydrogens (primary N) is 1. The average molecular weight is 490 g/mol. The lowest BCUT2D eigenvalue weighted by Crippen LogP contribution is -2.34. The molecule has 0 aromatic heterocycles. The molecule has 0 aromatic carbocycles. The fraction of sp³-hybridized carbons (Fsp3) is 0.556. The van der Waals surface area contributed by atoms with Crippen molar-refractivity contribution < 1.29 is 23.8 Å². The second-order valence-corrected chi connectivity index (χ2v) is 9.11. The number of hydrogen-bond donors (Lipinski definition) is 2. The number of carbonyl (C=O) groups is 2. The normalized spacial score (nSPS) is 25.0. The average Bonchev–Trinajstić information content (AvgIpc) is 3.10. The number of likely N-dealkylation sites (tertiary alicyclic amines) is 1. The van der Waals surface area contributed by atoms with Crippen LogP contribution in [-0.4, -0.2) is 66.6 Å². The number of halogens is 1. The fourth-order valence-electron chi connectivity index (χ4n) is 4.43. The van der Waals surface area contributed by atoms with Gasteiger partial charge in [0.15, 0.2) is 6.29 Å². The first-order valence-electron chi connectivity index (χ1n) is 12.4. The smallest absolute Gasteiger partial charge is 0.340 e. The van der Waals surface area contributed by atoms with Crippen LogP contribution in [0.4, 0.5) is 4.39 Å². The first-order chi connectivity index (χ1) is 16.8. The highest BCUT2D eigenvalue weighted by Gasteiger charge is 2.28. The minimum Gasteiger partial charge on any atom is -0.478 e. The Balaban J connectivity index is 2.59. The standard InChI is InChI=1S/C27H40FN3O4/c1-5-6-12-30(17-22(18-32)27(33)34)24-14-25(35-4)26(23(28)11-10-19(24)2)31-13-8-7-9-21(16-31)20(3)15-29/h10,14,17-18,25H,5-9,11-13,15-16,29H2,1-4H3,(H,33,34)/b19-10-,21-20-,22-17+,24-14?,26-23-. The molecule has 0 aromatic rings. The van der Waals surface area contributed by atoms with E-state index in [1.54, 1.807) is 18.1 Å². The quantitative estimate of drug-likeness (QED) is 0.154. The van der Waals surface area contributed by atoms with E-state index in [2.05, 4.69) is 4.90 Å². The van der Waals surface area contributed by atoms with Crippen molar-refractivity contribution in [2.24, 2.45) is 5.73 Å². The van der Waals surface area contributed by atoms with E-state index in [0.717, 1.165) is 43.3 Å². The highest BCUT2D eigenvalue weighted by Crippen LogP contribution is 2.32. The zero-order valence-electron chi connectivity index (χ0n) is 21.5. The molecule has 1 aliphatic carbocycles. The van der Waals surface area contributed by atoms with Crippen LogP contribution in [0.15, 0.2) is 57.9 Å². The lowest BCUT2D eigenvalue weighted by Gasteiger charge is -2.34. The summed E-state index contributed by atoms with van der Waals surface area (Å²) in [5.74, 6) is -1.53. The summed E-state index contributed by atoms with van der Waals surface area (Å²) < 4.78 is 21.4. The molecule has 1 aliphatic heterocycles. The Morgan fingerprint density at radius 3 is 2.74 bits per heavy atom. The first-order valence-corrected chi connectivity index (χ1v) is 12.4. The number of carboxylic acids is 1. The monoisotopic (exact) mass is 489 g/mol. The third-order valence-corrected chi connectivity index (χ3v) is 6.62. The van der Waals surface area contributed by atoms with E-state index in [1.807, 2.05) is 26.8 Å². The molecule has 0 radical (unpaired) electrons. The van der Waals surface area contributed by atoms with Crippen LogP contribution in [0.2, 0.25) is 0 Å². The molecule has 0 saturated carbocycles. The van der Waals surface area contributed by atoms with Gasteiger partial charge < -0.3 is 25.4 Å². The van der Waals surface area contributed by atoms with E-state index in [1.165, 1.54) is 11.8 Å². The van der Waals surface area contributed by atoms with Gasteiger partial charge in [0.05, 0.1) is 5.70 Å². The minimum atomic E-state index is -1.29. The summed E-state index contributed by atoms with van der Waals surface area (Å²) >= 11 is 0. The van der Waals surface area contributed by atoms with Gasteiger partial charge in [-0.15, -0.1) is 0 Å². The van der Waals surface area contributed by atoms with Crippen LogP contribution in [0, 0.1) is 0 Å². The van der Waals surface area contributed by atoms with E-state index < -0.39 is 12.1 Å². The van der Waals surface area contributed by atoms with E-state index in [9.17, 15) is 14.7 Å². The molecule has 1 fully saturated rings. The topological polar surface area (TPSA) is 96.1 Å². The van der Waals surface area contributed by atoms with Gasteiger partial charge in [-0.05, 0) is 51.2 Å². The molecule has 3 N–H and O–H groups in total. The predicted octanol–water partition coefficient (Wildman–Crippen LogP) is 4.45. The van der Waals surface area contributed by atoms with Crippen molar-refractivity contribution in [3.63, 3.8) is 0 Å². The maximum atomic E-state index is 15.6. The number of aldehydes is 1. The lowest BCUT2D eigenvalue weighted by molar-refractivity contribution is -0.133. The number of carbonyl (C=O) groups excluding carboxylic acids is 1. The van der Waals surface area contributed by atoms with Gasteiger partial charge in [0.2, 0.25) is 0 Å². The van der Waals surface area contributed by atoms with Crippen molar-refractivity contribution in [1.82, 2.24) is 9.80 Å². The van der Waals surface area contributed by atoms with Gasteiger partial charge in [-0.25, -0.2) is 9.18 Å². The molecule has 1 saturated heterocycles. The molecule has 35 heavy (non-hydrogen) atoms. The highest BCUT2D eigenvalue weighted by atomic mass is 19.1. The zero-order chi connectivity index (χ0) is 26.0. The van der Waals surface area contributed by atoms with Crippen molar-refractivity contribution >= 4 is 12.3 Å². The number of aliphatic carboxylic acids is 1. The number of carboxylic acid groups (broad SMARTS) is 1. The van der Waals surface area contributed by atoms with E-state index in [4.69, 9.17) is 10.5 Å². The zero-order valence-corrected chi connectivity index (χ0v) is 21.5. The molecule has 2 rings (SSSR count). The minimum absolute atomic E-state index is 0.106. The summed E-state index contributed by atoms with van der Waals surface area (Å²) in [6.07, 6.45) is 9.37. The lowest BCUT2D eigenvalue weighted by atomic mass is 10.0. The van der Waals surface area contributed by atoms with E-state index in [0.29, 0.717) is 43.9 Å². The third-order valence-electron chi connectivity index (χ3n) is 6.62. The summed E-state index contributed by atoms with van der Waals surface area (Å²) in [4.78, 5) is 26.8. The molecule has 8 heteroatoms. The SMILES string of the molecule is CCCCN(/C=C(\C=O)C(=O)O)C1=CC(OC)/C(N2CCCC/C(=C(\C)CN)C2)=C(/F)C/C=C\1C. The molecular weight excluding hydrogens is 449 g/mol. The van der Waals surface area contributed by atoms with Gasteiger partial charge in [0.1, 0.15) is 17.5 Å². The first kappa shape index (κ1) is 28.5. The highest BCUT2D eigenvalue weighted by molar-refractivity contribution is 6.06. The van der Waals surface area contributed by atoms with Crippen LogP contribution in [-0.2, 0) is 14.3 Å². The summed E-state index contributed by atoms with van der Waals surface area (Å²) in [6.45, 7) is 8.24. The summed E-state index contributed by atoms with van der Waals surface area (Å²) in [5.41, 5.74) is 9.93. The number of methoxy groups -OCH3 is 1. The Kier molecular flexibility index (Phi) is 11.4. The number of ether oxygens (including phenoxy) is 1. The Morgan fingerprint density at radius 1 is 1.40 bits per heavy atom. The number of hydrogen-bond acceptors (Lipinski definition) is 6. The fourth-order valence-corrected chi connectivity index (χ4v) is 4.43. The van der Waals surface area contributed by atoms with Gasteiger partial charge in [-0.3, -0.25) is 4.79 Å². The van der Waals surface area contributed by atoms with Crippen molar-refractivity contribution in [1.29, 1.82) is 0 Å². The molecule has 194 valence electrons. The molecule has 2 aliphatic rings. The second-order valence-electron chi connectivity index (χ2n) is 9.11. The predicted molar refractivity (Wildman–Crippen MR) is 136 cm³/mol. The Morgan fingerprint density at radius 2 is 2.14 bits per heavy atom. The van der Waals surface area contributed by atoms with E-state index >= 15 is 4.39 Å². The van der Waals surface area contributed by atoms with Crippen LogP contribution in [0.1, 0.15) is 59.3 Å². The molecule has 7 nitrogen and oxygen atoms in total. The van der Waals surface area contributed by atoms with E-state index in [-0.39, 0.29) is 17.8 Å². The number of nitrogens with zero attached hydrogens (tertiary/aromatic N) is 2. The van der Waals surface area contributed by atoms with Gasteiger partial charge in [0.25, 0.3) is 0 Å². The molecule has 1 unspecified atom stereocenters. The molecule has 0 spiro atoms. The molecule has 0 bridgehead atoms. The summed E-state index contributed by atoms with van der Waals surface area (Å²) in [6, 6.07) is 0. The summed E-state index contributed by atoms with van der Waals surface area (Å²) in [5, 5.41) is 9.41.